The molecule has 0 saturated heterocycles. The number of aromatic nitrogens is 4. The fourth-order valence-electron chi connectivity index (χ4n) is 2.54. The molecule has 1 aromatic carbocycles. The van der Waals surface area contributed by atoms with E-state index >= 15 is 0 Å². The van der Waals surface area contributed by atoms with E-state index in [2.05, 4.69) is 14.6 Å². The van der Waals surface area contributed by atoms with Crippen molar-refractivity contribution in [3.05, 3.63) is 48.0 Å². The topological polar surface area (TPSA) is 72.9 Å². The minimum atomic E-state index is -0.943. The molecule has 0 atom stereocenters. The molecule has 108 valence electrons. The van der Waals surface area contributed by atoms with Gasteiger partial charge in [0, 0.05) is 25.5 Å². The van der Waals surface area contributed by atoms with E-state index in [-0.39, 0.29) is 5.56 Å². The van der Waals surface area contributed by atoms with E-state index in [0.717, 1.165) is 30.9 Å². The minimum Gasteiger partial charge on any atom is -0.478 e. The zero-order valence-electron chi connectivity index (χ0n) is 11.7. The van der Waals surface area contributed by atoms with Crippen LogP contribution in [0, 0.1) is 6.92 Å². The molecule has 1 N–H and O–H groups in total. The third-order valence-corrected chi connectivity index (χ3v) is 3.53. The van der Waals surface area contributed by atoms with E-state index in [0.29, 0.717) is 5.52 Å². The molecule has 0 bridgehead atoms. The Balaban J connectivity index is 1.86. The minimum absolute atomic E-state index is 0.251. The van der Waals surface area contributed by atoms with Gasteiger partial charge in [0.2, 0.25) is 0 Å². The lowest BCUT2D eigenvalue weighted by Crippen LogP contribution is -2.06. The average molecular weight is 284 g/mol. The van der Waals surface area contributed by atoms with Gasteiger partial charge >= 0.3 is 5.97 Å². The molecule has 0 saturated carbocycles. The summed E-state index contributed by atoms with van der Waals surface area (Å²) in [6.45, 7) is 3.51. The second-order valence-electron chi connectivity index (χ2n) is 4.91. The van der Waals surface area contributed by atoms with Crippen LogP contribution in [0.1, 0.15) is 22.6 Å². The van der Waals surface area contributed by atoms with Crippen molar-refractivity contribution < 1.29 is 9.90 Å². The van der Waals surface area contributed by atoms with Gasteiger partial charge in [0.15, 0.2) is 0 Å². The van der Waals surface area contributed by atoms with Crippen molar-refractivity contribution in [2.75, 3.05) is 0 Å². The van der Waals surface area contributed by atoms with Crippen molar-refractivity contribution >= 4 is 17.0 Å². The van der Waals surface area contributed by atoms with Gasteiger partial charge in [0.05, 0.1) is 11.1 Å². The zero-order valence-corrected chi connectivity index (χ0v) is 11.7. The quantitative estimate of drug-likeness (QED) is 0.780. The molecule has 0 aliphatic rings. The lowest BCUT2D eigenvalue weighted by Gasteiger charge is -2.07. The lowest BCUT2D eigenvalue weighted by molar-refractivity contribution is 0.0699. The van der Waals surface area contributed by atoms with Gasteiger partial charge in [-0.3, -0.25) is 4.68 Å². The molecular weight excluding hydrogens is 268 g/mol. The Kier molecular flexibility index (Phi) is 3.43. The van der Waals surface area contributed by atoms with Crippen molar-refractivity contribution in [2.24, 2.45) is 0 Å². The number of aromatic carboxylic acids is 1. The van der Waals surface area contributed by atoms with Crippen LogP contribution in [-0.2, 0) is 13.1 Å². The Bertz CT molecular complexity index is 774. The monoisotopic (exact) mass is 284 g/mol. The Labute approximate surface area is 121 Å². The molecule has 0 unspecified atom stereocenters. The molecule has 0 aliphatic carbocycles. The number of benzene rings is 1. The van der Waals surface area contributed by atoms with Crippen molar-refractivity contribution in [3.63, 3.8) is 0 Å². The number of carboxylic acid groups (broad SMARTS) is 1. The number of nitrogens with zero attached hydrogens (tertiary/aromatic N) is 4. The van der Waals surface area contributed by atoms with E-state index in [1.54, 1.807) is 18.3 Å². The number of para-hydroxylation sites is 1. The normalized spacial score (nSPS) is 11.1. The highest BCUT2D eigenvalue weighted by molar-refractivity contribution is 6.01. The molecule has 2 aromatic heterocycles. The second-order valence-corrected chi connectivity index (χ2v) is 4.91. The SMILES string of the molecule is Cc1nc2c(C(=O)O)cccc2n1CCCn1cccn1. The summed E-state index contributed by atoms with van der Waals surface area (Å²) >= 11 is 0. The van der Waals surface area contributed by atoms with E-state index in [4.69, 9.17) is 0 Å². The van der Waals surface area contributed by atoms with E-state index in [9.17, 15) is 9.90 Å². The van der Waals surface area contributed by atoms with E-state index < -0.39 is 5.97 Å². The summed E-state index contributed by atoms with van der Waals surface area (Å²) in [5.74, 6) is -0.110. The smallest absolute Gasteiger partial charge is 0.337 e. The average Bonchev–Trinajstić information content (AvgIpc) is 3.07. The number of aryl methyl sites for hydroxylation is 3. The van der Waals surface area contributed by atoms with Crippen LogP contribution in [0.2, 0.25) is 0 Å². The summed E-state index contributed by atoms with van der Waals surface area (Å²) in [4.78, 5) is 15.7. The van der Waals surface area contributed by atoms with Gasteiger partial charge in [-0.1, -0.05) is 6.07 Å². The van der Waals surface area contributed by atoms with Crippen LogP contribution in [0.4, 0.5) is 0 Å². The molecule has 0 amide bonds. The standard InChI is InChI=1S/C15H16N4O2/c1-11-17-14-12(15(20)21)5-2-6-13(14)19(11)10-4-9-18-8-3-7-16-18/h2-3,5-8H,4,9-10H2,1H3,(H,20,21). The zero-order chi connectivity index (χ0) is 14.8. The fourth-order valence-corrected chi connectivity index (χ4v) is 2.54. The molecule has 21 heavy (non-hydrogen) atoms. The summed E-state index contributed by atoms with van der Waals surface area (Å²) in [6, 6.07) is 7.16. The molecule has 0 aliphatic heterocycles. The summed E-state index contributed by atoms with van der Waals surface area (Å²) in [6.07, 6.45) is 4.60. The van der Waals surface area contributed by atoms with Crippen LogP contribution in [0.25, 0.3) is 11.0 Å². The first-order chi connectivity index (χ1) is 10.2. The molecule has 6 heteroatoms. The molecule has 6 nitrogen and oxygen atoms in total. The van der Waals surface area contributed by atoms with Crippen LogP contribution >= 0.6 is 0 Å². The highest BCUT2D eigenvalue weighted by Gasteiger charge is 2.14. The number of fused-ring (bicyclic) bond motifs is 1. The number of imidazole rings is 1. The maximum absolute atomic E-state index is 11.2. The number of carboxylic acids is 1. The Morgan fingerprint density at radius 3 is 2.86 bits per heavy atom. The van der Waals surface area contributed by atoms with Crippen LogP contribution in [0.15, 0.2) is 36.7 Å². The van der Waals surface area contributed by atoms with Gasteiger partial charge in [-0.2, -0.15) is 5.10 Å². The fraction of sp³-hybridized carbons (Fsp3) is 0.267. The number of rotatable bonds is 5. The largest absolute Gasteiger partial charge is 0.478 e. The van der Waals surface area contributed by atoms with Crippen LogP contribution in [-0.4, -0.2) is 30.4 Å². The number of hydrogen-bond donors (Lipinski definition) is 1. The maximum atomic E-state index is 11.2. The van der Waals surface area contributed by atoms with Crippen LogP contribution < -0.4 is 0 Å². The Morgan fingerprint density at radius 2 is 2.14 bits per heavy atom. The van der Waals surface area contributed by atoms with Crippen LogP contribution in [0.3, 0.4) is 0 Å². The Hall–Kier alpha value is -2.63. The van der Waals surface area contributed by atoms with Crippen molar-refractivity contribution in [2.45, 2.75) is 26.4 Å². The molecule has 2 heterocycles. The van der Waals surface area contributed by atoms with Gasteiger partial charge in [0.25, 0.3) is 0 Å². The predicted molar refractivity (Wildman–Crippen MR) is 78.3 cm³/mol. The van der Waals surface area contributed by atoms with Crippen molar-refractivity contribution in [3.8, 4) is 0 Å². The van der Waals surface area contributed by atoms with E-state index in [1.807, 2.05) is 29.9 Å². The molecule has 3 rings (SSSR count). The first-order valence-corrected chi connectivity index (χ1v) is 6.83. The van der Waals surface area contributed by atoms with Gasteiger partial charge in [-0.15, -0.1) is 0 Å². The third kappa shape index (κ3) is 2.52. The first kappa shape index (κ1) is 13.4. The van der Waals surface area contributed by atoms with Gasteiger partial charge < -0.3 is 9.67 Å². The third-order valence-electron chi connectivity index (χ3n) is 3.53. The molecule has 0 radical (unpaired) electrons. The highest BCUT2D eigenvalue weighted by Crippen LogP contribution is 2.20. The summed E-state index contributed by atoms with van der Waals surface area (Å²) < 4.78 is 3.95. The van der Waals surface area contributed by atoms with Crippen molar-refractivity contribution in [1.29, 1.82) is 0 Å². The molecule has 3 aromatic rings. The van der Waals surface area contributed by atoms with Gasteiger partial charge in [-0.05, 0) is 31.5 Å². The first-order valence-electron chi connectivity index (χ1n) is 6.83. The maximum Gasteiger partial charge on any atom is 0.337 e. The lowest BCUT2D eigenvalue weighted by atomic mass is 10.2. The highest BCUT2D eigenvalue weighted by atomic mass is 16.4. The van der Waals surface area contributed by atoms with Gasteiger partial charge in [-0.25, -0.2) is 9.78 Å². The Morgan fingerprint density at radius 1 is 1.29 bits per heavy atom. The number of carbonyl (C=O) groups is 1. The summed E-state index contributed by atoms with van der Waals surface area (Å²) in [7, 11) is 0. The van der Waals surface area contributed by atoms with E-state index in [1.165, 1.54) is 0 Å². The van der Waals surface area contributed by atoms with Crippen LogP contribution in [0.5, 0.6) is 0 Å². The number of hydrogen-bond acceptors (Lipinski definition) is 3. The van der Waals surface area contributed by atoms with Crippen molar-refractivity contribution in [1.82, 2.24) is 19.3 Å². The summed E-state index contributed by atoms with van der Waals surface area (Å²) in [5.41, 5.74) is 1.68. The molecule has 0 fully saturated rings. The van der Waals surface area contributed by atoms with Gasteiger partial charge in [0.1, 0.15) is 11.3 Å². The molecular formula is C15H16N4O2. The second kappa shape index (κ2) is 5.40. The summed E-state index contributed by atoms with van der Waals surface area (Å²) in [5, 5.41) is 13.4. The predicted octanol–water partition coefficient (Wildman–Crippen LogP) is 2.33. The molecule has 0 spiro atoms.